The van der Waals surface area contributed by atoms with Crippen molar-refractivity contribution in [3.63, 3.8) is 0 Å². The maximum atomic E-state index is 12.4. The molecule has 0 amide bonds. The topological polar surface area (TPSA) is 26.3 Å². The van der Waals surface area contributed by atoms with Crippen LogP contribution in [0.25, 0.3) is 0 Å². The molecule has 2 rings (SSSR count). The van der Waals surface area contributed by atoms with Gasteiger partial charge in [-0.05, 0) is 42.5 Å². The Morgan fingerprint density at radius 1 is 1.05 bits per heavy atom. The van der Waals surface area contributed by atoms with E-state index in [0.29, 0.717) is 11.3 Å². The molecule has 0 fully saturated rings. The largest absolute Gasteiger partial charge is 0.423 e. The van der Waals surface area contributed by atoms with E-state index < -0.39 is 0 Å². The van der Waals surface area contributed by atoms with E-state index in [-0.39, 0.29) is 11.4 Å². The standard InChI is InChI=1S/C20H24O2/c1-6-15-8-10-16(11-9-15)19(21)22-18-12-7-14(2)13-17(18)20(3,4)5/h7-13H,6H2,1-5H3. The molecule has 0 aliphatic carbocycles. The molecule has 0 aliphatic rings. The Balaban J connectivity index is 2.28. The Kier molecular flexibility index (Phi) is 4.70. The summed E-state index contributed by atoms with van der Waals surface area (Å²) in [5.74, 6) is 0.333. The summed E-state index contributed by atoms with van der Waals surface area (Å²) in [6, 6.07) is 13.5. The van der Waals surface area contributed by atoms with Crippen LogP contribution in [0.1, 0.15) is 54.7 Å². The molecule has 0 saturated carbocycles. The first-order valence-electron chi connectivity index (χ1n) is 7.73. The number of benzene rings is 2. The molecule has 0 aromatic heterocycles. The van der Waals surface area contributed by atoms with Crippen LogP contribution in [-0.4, -0.2) is 5.97 Å². The molecule has 22 heavy (non-hydrogen) atoms. The molecule has 0 unspecified atom stereocenters. The summed E-state index contributed by atoms with van der Waals surface area (Å²) < 4.78 is 5.65. The molecular weight excluding hydrogens is 272 g/mol. The van der Waals surface area contributed by atoms with E-state index in [1.54, 1.807) is 0 Å². The Hall–Kier alpha value is -2.09. The summed E-state index contributed by atoms with van der Waals surface area (Å²) in [6.07, 6.45) is 0.960. The fourth-order valence-electron chi connectivity index (χ4n) is 2.35. The number of aryl methyl sites for hydroxylation is 2. The molecule has 116 valence electrons. The SMILES string of the molecule is CCc1ccc(C(=O)Oc2ccc(C)cc2C(C)(C)C)cc1. The molecule has 2 aromatic carbocycles. The second-order valence-corrected chi connectivity index (χ2v) is 6.69. The summed E-state index contributed by atoms with van der Waals surface area (Å²) in [5, 5.41) is 0. The van der Waals surface area contributed by atoms with Crippen LogP contribution in [0.3, 0.4) is 0 Å². The van der Waals surface area contributed by atoms with E-state index in [1.807, 2.05) is 43.3 Å². The van der Waals surface area contributed by atoms with Gasteiger partial charge in [0.1, 0.15) is 5.75 Å². The van der Waals surface area contributed by atoms with E-state index in [2.05, 4.69) is 33.8 Å². The molecule has 2 aromatic rings. The van der Waals surface area contributed by atoms with Crippen molar-refractivity contribution in [2.75, 3.05) is 0 Å². The number of carbonyl (C=O) groups excluding carboxylic acids is 1. The zero-order valence-electron chi connectivity index (χ0n) is 14.1. The van der Waals surface area contributed by atoms with Gasteiger partial charge >= 0.3 is 5.97 Å². The first-order chi connectivity index (χ1) is 10.3. The minimum Gasteiger partial charge on any atom is -0.423 e. The normalized spacial score (nSPS) is 11.3. The molecule has 2 nitrogen and oxygen atoms in total. The number of rotatable bonds is 3. The van der Waals surface area contributed by atoms with Crippen molar-refractivity contribution in [3.8, 4) is 5.75 Å². The number of ether oxygens (including phenoxy) is 1. The van der Waals surface area contributed by atoms with Crippen LogP contribution in [0.15, 0.2) is 42.5 Å². The number of esters is 1. The summed E-state index contributed by atoms with van der Waals surface area (Å²) in [5.41, 5.74) is 3.93. The lowest BCUT2D eigenvalue weighted by atomic mass is 9.85. The van der Waals surface area contributed by atoms with Crippen molar-refractivity contribution in [2.45, 2.75) is 46.5 Å². The van der Waals surface area contributed by atoms with Gasteiger partial charge in [0.2, 0.25) is 0 Å². The fraction of sp³-hybridized carbons (Fsp3) is 0.350. The van der Waals surface area contributed by atoms with Crippen LogP contribution in [0.4, 0.5) is 0 Å². The van der Waals surface area contributed by atoms with Crippen molar-refractivity contribution in [1.29, 1.82) is 0 Å². The van der Waals surface area contributed by atoms with Crippen molar-refractivity contribution < 1.29 is 9.53 Å². The molecule has 0 saturated heterocycles. The Bertz CT molecular complexity index is 661. The highest BCUT2D eigenvalue weighted by molar-refractivity contribution is 5.91. The van der Waals surface area contributed by atoms with Gasteiger partial charge in [0.25, 0.3) is 0 Å². The Morgan fingerprint density at radius 2 is 1.68 bits per heavy atom. The van der Waals surface area contributed by atoms with Crippen LogP contribution >= 0.6 is 0 Å². The van der Waals surface area contributed by atoms with Crippen molar-refractivity contribution >= 4 is 5.97 Å². The van der Waals surface area contributed by atoms with E-state index in [4.69, 9.17) is 4.74 Å². The lowest BCUT2D eigenvalue weighted by molar-refractivity contribution is 0.0732. The van der Waals surface area contributed by atoms with Gasteiger partial charge < -0.3 is 4.74 Å². The zero-order valence-corrected chi connectivity index (χ0v) is 14.1. The summed E-state index contributed by atoms with van der Waals surface area (Å²) >= 11 is 0. The maximum Gasteiger partial charge on any atom is 0.343 e. The van der Waals surface area contributed by atoms with Gasteiger partial charge in [-0.25, -0.2) is 4.79 Å². The smallest absolute Gasteiger partial charge is 0.343 e. The quantitative estimate of drug-likeness (QED) is 0.583. The molecule has 0 heterocycles. The van der Waals surface area contributed by atoms with Crippen molar-refractivity contribution in [1.82, 2.24) is 0 Å². The number of hydrogen-bond acceptors (Lipinski definition) is 2. The minimum atomic E-state index is -0.308. The molecule has 0 N–H and O–H groups in total. The average molecular weight is 296 g/mol. The van der Waals surface area contributed by atoms with Gasteiger partial charge in [-0.15, -0.1) is 0 Å². The van der Waals surface area contributed by atoms with Crippen LogP contribution in [-0.2, 0) is 11.8 Å². The molecule has 0 atom stereocenters. The highest BCUT2D eigenvalue weighted by atomic mass is 16.5. The van der Waals surface area contributed by atoms with E-state index in [1.165, 1.54) is 5.56 Å². The first-order valence-corrected chi connectivity index (χ1v) is 7.73. The molecule has 0 radical (unpaired) electrons. The third-order valence-corrected chi connectivity index (χ3v) is 3.74. The highest BCUT2D eigenvalue weighted by Crippen LogP contribution is 2.32. The predicted octanol–water partition coefficient (Wildman–Crippen LogP) is 5.07. The second-order valence-electron chi connectivity index (χ2n) is 6.69. The predicted molar refractivity (Wildman–Crippen MR) is 90.7 cm³/mol. The van der Waals surface area contributed by atoms with Crippen molar-refractivity contribution in [3.05, 3.63) is 64.7 Å². The van der Waals surface area contributed by atoms with Crippen LogP contribution < -0.4 is 4.74 Å². The number of carbonyl (C=O) groups is 1. The molecule has 2 heteroatoms. The zero-order chi connectivity index (χ0) is 16.3. The molecular formula is C20H24O2. The molecule has 0 spiro atoms. The second kappa shape index (κ2) is 6.35. The first kappa shape index (κ1) is 16.3. The third kappa shape index (κ3) is 3.76. The van der Waals surface area contributed by atoms with Gasteiger partial charge in [0.05, 0.1) is 5.56 Å². The van der Waals surface area contributed by atoms with E-state index in [0.717, 1.165) is 17.5 Å². The molecule has 0 bridgehead atoms. The van der Waals surface area contributed by atoms with Gasteiger partial charge in [0.15, 0.2) is 0 Å². The monoisotopic (exact) mass is 296 g/mol. The number of hydrogen-bond donors (Lipinski definition) is 0. The van der Waals surface area contributed by atoms with Crippen LogP contribution in [0.5, 0.6) is 5.75 Å². The van der Waals surface area contributed by atoms with E-state index in [9.17, 15) is 4.79 Å². The van der Waals surface area contributed by atoms with Gasteiger partial charge in [0, 0.05) is 5.56 Å². The summed E-state index contributed by atoms with van der Waals surface area (Å²) in [4.78, 5) is 12.4. The fourth-order valence-corrected chi connectivity index (χ4v) is 2.35. The highest BCUT2D eigenvalue weighted by Gasteiger charge is 2.21. The molecule has 0 aliphatic heterocycles. The lowest BCUT2D eigenvalue weighted by Gasteiger charge is -2.22. The van der Waals surface area contributed by atoms with E-state index >= 15 is 0 Å². The Labute approximate surface area is 133 Å². The minimum absolute atomic E-state index is 0.0757. The van der Waals surface area contributed by atoms with Crippen LogP contribution in [0, 0.1) is 6.92 Å². The van der Waals surface area contributed by atoms with Crippen molar-refractivity contribution in [2.24, 2.45) is 0 Å². The summed E-state index contributed by atoms with van der Waals surface area (Å²) in [6.45, 7) is 10.5. The van der Waals surface area contributed by atoms with Gasteiger partial charge in [-0.2, -0.15) is 0 Å². The summed E-state index contributed by atoms with van der Waals surface area (Å²) in [7, 11) is 0. The third-order valence-electron chi connectivity index (χ3n) is 3.74. The van der Waals surface area contributed by atoms with Crippen LogP contribution in [0.2, 0.25) is 0 Å². The average Bonchev–Trinajstić information content (AvgIpc) is 2.48. The van der Waals surface area contributed by atoms with Gasteiger partial charge in [-0.3, -0.25) is 0 Å². The Morgan fingerprint density at radius 3 is 2.23 bits per heavy atom. The maximum absolute atomic E-state index is 12.4. The van der Waals surface area contributed by atoms with Gasteiger partial charge in [-0.1, -0.05) is 57.5 Å². The lowest BCUT2D eigenvalue weighted by Crippen LogP contribution is -2.16.